The number of amides is 1. The van der Waals surface area contributed by atoms with Crippen molar-refractivity contribution >= 4 is 18.0 Å². The number of hydrogen-bond acceptors (Lipinski definition) is 3. The molecule has 0 unspecified atom stereocenters. The van der Waals surface area contributed by atoms with Crippen molar-refractivity contribution in [3.8, 4) is 0 Å². The summed E-state index contributed by atoms with van der Waals surface area (Å²) >= 11 is 0. The Morgan fingerprint density at radius 3 is 2.33 bits per heavy atom. The predicted octanol–water partition coefficient (Wildman–Crippen LogP) is 2.12. The zero-order chi connectivity index (χ0) is 13.5. The highest BCUT2D eigenvalue weighted by Crippen LogP contribution is 2.07. The van der Waals surface area contributed by atoms with E-state index in [1.807, 2.05) is 30.3 Å². The lowest BCUT2D eigenvalue weighted by Crippen LogP contribution is -2.27. The molecule has 0 aliphatic rings. The number of esters is 1. The van der Waals surface area contributed by atoms with Gasteiger partial charge in [-0.2, -0.15) is 0 Å². The van der Waals surface area contributed by atoms with E-state index in [1.165, 1.54) is 6.92 Å². The van der Waals surface area contributed by atoms with Crippen LogP contribution in [0.2, 0.25) is 0 Å². The van der Waals surface area contributed by atoms with Gasteiger partial charge in [0, 0.05) is 6.92 Å². The fourth-order valence-corrected chi connectivity index (χ4v) is 1.33. The van der Waals surface area contributed by atoms with Crippen LogP contribution in [0.3, 0.4) is 0 Å². The summed E-state index contributed by atoms with van der Waals surface area (Å²) in [6.45, 7) is 4.86. The van der Waals surface area contributed by atoms with Gasteiger partial charge in [0.15, 0.2) is 0 Å². The molecule has 96 valence electrons. The van der Waals surface area contributed by atoms with Gasteiger partial charge in [-0.15, -0.1) is 0 Å². The Balaban J connectivity index is 2.94. The molecule has 0 radical (unpaired) electrons. The Morgan fingerprint density at radius 2 is 1.83 bits per heavy atom. The highest BCUT2D eigenvalue weighted by Gasteiger charge is 2.14. The Bertz CT molecular complexity index is 449. The van der Waals surface area contributed by atoms with E-state index in [0.29, 0.717) is 0 Å². The van der Waals surface area contributed by atoms with Crippen LogP contribution in [0.5, 0.6) is 0 Å². The average molecular weight is 247 g/mol. The van der Waals surface area contributed by atoms with E-state index >= 15 is 0 Å². The van der Waals surface area contributed by atoms with Crippen molar-refractivity contribution in [3.63, 3.8) is 0 Å². The van der Waals surface area contributed by atoms with E-state index < -0.39 is 5.97 Å². The average Bonchev–Trinajstić information content (AvgIpc) is 2.28. The van der Waals surface area contributed by atoms with E-state index in [2.05, 4.69) is 5.32 Å². The molecule has 0 aliphatic carbocycles. The van der Waals surface area contributed by atoms with Crippen molar-refractivity contribution in [1.29, 1.82) is 0 Å². The number of hydrogen-bond donors (Lipinski definition) is 1. The number of benzene rings is 1. The summed E-state index contributed by atoms with van der Waals surface area (Å²) in [6.07, 6.45) is 1.36. The van der Waals surface area contributed by atoms with Crippen molar-refractivity contribution < 1.29 is 14.3 Å². The first kappa shape index (κ1) is 14.0. The van der Waals surface area contributed by atoms with E-state index in [1.54, 1.807) is 19.9 Å². The van der Waals surface area contributed by atoms with Gasteiger partial charge in [-0.25, -0.2) is 4.79 Å². The third-order valence-corrected chi connectivity index (χ3v) is 1.98. The normalized spacial score (nSPS) is 11.2. The fraction of sp³-hybridized carbons (Fsp3) is 0.286. The molecule has 0 bridgehead atoms. The molecule has 18 heavy (non-hydrogen) atoms. The molecular formula is C14H17NO3. The predicted molar refractivity (Wildman–Crippen MR) is 69.5 cm³/mol. The maximum absolute atomic E-state index is 11.8. The highest BCUT2D eigenvalue weighted by molar-refractivity contribution is 5.97. The molecule has 1 N–H and O–H groups in total. The quantitative estimate of drug-likeness (QED) is 0.655. The lowest BCUT2D eigenvalue weighted by Gasteiger charge is -2.11. The van der Waals surface area contributed by atoms with E-state index in [-0.39, 0.29) is 17.7 Å². The minimum atomic E-state index is -0.538. The van der Waals surface area contributed by atoms with Crippen LogP contribution in [0.1, 0.15) is 26.3 Å². The first-order chi connectivity index (χ1) is 8.49. The number of carbonyl (C=O) groups is 2. The number of nitrogens with one attached hydrogen (secondary N) is 1. The molecule has 1 aromatic carbocycles. The summed E-state index contributed by atoms with van der Waals surface area (Å²) in [7, 11) is 0. The zero-order valence-corrected chi connectivity index (χ0v) is 10.8. The minimum Gasteiger partial charge on any atom is -0.458 e. The summed E-state index contributed by atoms with van der Waals surface area (Å²) < 4.78 is 5.06. The molecular weight excluding hydrogens is 230 g/mol. The van der Waals surface area contributed by atoms with Crippen LogP contribution >= 0.6 is 0 Å². The van der Waals surface area contributed by atoms with Gasteiger partial charge in [0.2, 0.25) is 5.91 Å². The Morgan fingerprint density at radius 1 is 1.22 bits per heavy atom. The second-order valence-corrected chi connectivity index (χ2v) is 4.10. The molecule has 1 aromatic rings. The van der Waals surface area contributed by atoms with Crippen molar-refractivity contribution in [1.82, 2.24) is 5.32 Å². The summed E-state index contributed by atoms with van der Waals surface area (Å²) in [5.41, 5.74) is 0.962. The first-order valence-corrected chi connectivity index (χ1v) is 5.74. The zero-order valence-electron chi connectivity index (χ0n) is 10.8. The molecule has 0 saturated heterocycles. The van der Waals surface area contributed by atoms with Crippen molar-refractivity contribution in [3.05, 3.63) is 41.6 Å². The van der Waals surface area contributed by atoms with Crippen LogP contribution in [-0.2, 0) is 14.3 Å². The third kappa shape index (κ3) is 4.82. The smallest absolute Gasteiger partial charge is 0.355 e. The first-order valence-electron chi connectivity index (χ1n) is 5.74. The molecule has 0 aliphatic heterocycles. The van der Waals surface area contributed by atoms with Crippen LogP contribution in [0.15, 0.2) is 36.0 Å². The monoisotopic (exact) mass is 247 g/mol. The van der Waals surface area contributed by atoms with Crippen LogP contribution in [-0.4, -0.2) is 18.0 Å². The highest BCUT2D eigenvalue weighted by atomic mass is 16.5. The second kappa shape index (κ2) is 6.59. The molecule has 0 heterocycles. The summed E-state index contributed by atoms with van der Waals surface area (Å²) in [5.74, 6) is -0.845. The van der Waals surface area contributed by atoms with Crippen molar-refractivity contribution in [2.24, 2.45) is 0 Å². The molecule has 0 fully saturated rings. The molecule has 1 rings (SSSR count). The van der Waals surface area contributed by atoms with E-state index in [0.717, 1.165) is 5.56 Å². The van der Waals surface area contributed by atoms with Crippen molar-refractivity contribution in [2.45, 2.75) is 26.9 Å². The third-order valence-electron chi connectivity index (χ3n) is 1.98. The number of rotatable bonds is 4. The van der Waals surface area contributed by atoms with Gasteiger partial charge in [-0.3, -0.25) is 4.79 Å². The lowest BCUT2D eigenvalue weighted by atomic mass is 10.2. The Kier molecular flexibility index (Phi) is 5.11. The standard InChI is InChI=1S/C14H17NO3/c1-10(2)18-14(17)13(15-11(3)16)9-12-7-5-4-6-8-12/h4-10H,1-3H3,(H,15,16)/b13-9+. The fourth-order valence-electron chi connectivity index (χ4n) is 1.33. The Labute approximate surface area is 107 Å². The van der Waals surface area contributed by atoms with Gasteiger partial charge in [0.1, 0.15) is 5.70 Å². The number of carbonyl (C=O) groups excluding carboxylic acids is 2. The van der Waals surface area contributed by atoms with Gasteiger partial charge >= 0.3 is 5.97 Å². The van der Waals surface area contributed by atoms with Gasteiger partial charge in [-0.05, 0) is 25.5 Å². The minimum absolute atomic E-state index is 0.141. The second-order valence-electron chi connectivity index (χ2n) is 4.10. The van der Waals surface area contributed by atoms with Crippen LogP contribution in [0.4, 0.5) is 0 Å². The topological polar surface area (TPSA) is 55.4 Å². The molecule has 0 atom stereocenters. The van der Waals surface area contributed by atoms with Crippen LogP contribution in [0, 0.1) is 0 Å². The summed E-state index contributed by atoms with van der Waals surface area (Å²) in [6, 6.07) is 9.26. The molecule has 0 spiro atoms. The molecule has 4 heteroatoms. The van der Waals surface area contributed by atoms with Crippen LogP contribution < -0.4 is 5.32 Å². The van der Waals surface area contributed by atoms with Gasteiger partial charge < -0.3 is 10.1 Å². The maximum Gasteiger partial charge on any atom is 0.355 e. The SMILES string of the molecule is CC(=O)N/C(=C/c1ccccc1)C(=O)OC(C)C. The summed E-state index contributed by atoms with van der Waals surface area (Å²) in [5, 5.41) is 2.48. The van der Waals surface area contributed by atoms with E-state index in [4.69, 9.17) is 4.74 Å². The van der Waals surface area contributed by atoms with Gasteiger partial charge in [0.05, 0.1) is 6.10 Å². The Hall–Kier alpha value is -2.10. The molecule has 1 amide bonds. The molecule has 0 aromatic heterocycles. The van der Waals surface area contributed by atoms with Crippen molar-refractivity contribution in [2.75, 3.05) is 0 Å². The summed E-state index contributed by atoms with van der Waals surface area (Å²) in [4.78, 5) is 22.9. The molecule has 0 saturated carbocycles. The van der Waals surface area contributed by atoms with Gasteiger partial charge in [-0.1, -0.05) is 30.3 Å². The van der Waals surface area contributed by atoms with Crippen LogP contribution in [0.25, 0.3) is 6.08 Å². The maximum atomic E-state index is 11.8. The number of ether oxygens (including phenoxy) is 1. The van der Waals surface area contributed by atoms with Gasteiger partial charge in [0.25, 0.3) is 0 Å². The lowest BCUT2D eigenvalue weighted by molar-refractivity contribution is -0.143. The largest absolute Gasteiger partial charge is 0.458 e. The molecule has 4 nitrogen and oxygen atoms in total. The van der Waals surface area contributed by atoms with E-state index in [9.17, 15) is 9.59 Å².